The van der Waals surface area contributed by atoms with Gasteiger partial charge in [0.15, 0.2) is 5.96 Å². The van der Waals surface area contributed by atoms with Gasteiger partial charge in [0, 0.05) is 38.8 Å². The number of amides is 1. The van der Waals surface area contributed by atoms with E-state index in [1.54, 1.807) is 13.3 Å². The summed E-state index contributed by atoms with van der Waals surface area (Å²) in [7, 11) is 1.79. The van der Waals surface area contributed by atoms with Crippen LogP contribution in [0.25, 0.3) is 0 Å². The first-order valence-corrected chi connectivity index (χ1v) is 11.4. The number of anilines is 1. The topological polar surface area (TPSA) is 73.1 Å². The molecule has 0 aliphatic carbocycles. The molecule has 2 aliphatic rings. The molecule has 1 atom stereocenters. The van der Waals surface area contributed by atoms with Gasteiger partial charge in [-0.15, -0.1) is 24.0 Å². The van der Waals surface area contributed by atoms with E-state index in [2.05, 4.69) is 38.7 Å². The van der Waals surface area contributed by atoms with E-state index in [1.165, 1.54) is 12.8 Å². The van der Waals surface area contributed by atoms with Crippen molar-refractivity contribution < 1.29 is 9.21 Å². The van der Waals surface area contributed by atoms with Crippen LogP contribution >= 0.6 is 24.0 Å². The first kappa shape index (κ1) is 24.6. The lowest BCUT2D eigenvalue weighted by Crippen LogP contribution is -2.42. The van der Waals surface area contributed by atoms with E-state index in [4.69, 9.17) is 4.42 Å². The highest BCUT2D eigenvalue weighted by atomic mass is 127. The molecule has 2 N–H and O–H groups in total. The van der Waals surface area contributed by atoms with E-state index in [-0.39, 0.29) is 35.9 Å². The second-order valence-electron chi connectivity index (χ2n) is 8.25. The number of rotatable bonds is 7. The van der Waals surface area contributed by atoms with Crippen LogP contribution in [0.1, 0.15) is 49.5 Å². The Morgan fingerprint density at radius 3 is 2.47 bits per heavy atom. The van der Waals surface area contributed by atoms with E-state index in [0.29, 0.717) is 13.0 Å². The van der Waals surface area contributed by atoms with Gasteiger partial charge in [-0.1, -0.05) is 12.1 Å². The summed E-state index contributed by atoms with van der Waals surface area (Å²) in [6.07, 6.45) is 6.95. The van der Waals surface area contributed by atoms with Crippen molar-refractivity contribution in [3.8, 4) is 0 Å². The van der Waals surface area contributed by atoms with Gasteiger partial charge in [-0.05, 0) is 68.6 Å². The standard InChI is InChI=1S/C24H33N5O2.HI/c1-25-24(27-18-21(22-7-6-16-31-22)28-13-4-5-14-28)26-17-19-9-11-20(12-10-19)29-15-3-2-8-23(29)30;/h6-7,9-12,16,21H,2-5,8,13-15,17-18H2,1H3,(H2,25,26,27);1H. The first-order chi connectivity index (χ1) is 15.2. The van der Waals surface area contributed by atoms with E-state index in [0.717, 1.165) is 62.0 Å². The lowest BCUT2D eigenvalue weighted by atomic mass is 10.1. The molecule has 7 nitrogen and oxygen atoms in total. The van der Waals surface area contributed by atoms with Gasteiger partial charge in [0.2, 0.25) is 5.91 Å². The van der Waals surface area contributed by atoms with Crippen molar-refractivity contribution in [3.63, 3.8) is 0 Å². The largest absolute Gasteiger partial charge is 0.468 e. The van der Waals surface area contributed by atoms with E-state index in [1.807, 2.05) is 23.1 Å². The zero-order chi connectivity index (χ0) is 21.5. The fourth-order valence-corrected chi connectivity index (χ4v) is 4.42. The van der Waals surface area contributed by atoms with Crippen molar-refractivity contribution in [3.05, 3.63) is 54.0 Å². The summed E-state index contributed by atoms with van der Waals surface area (Å²) in [5.41, 5.74) is 2.14. The Bertz CT molecular complexity index is 863. The minimum Gasteiger partial charge on any atom is -0.468 e. The Balaban J connectivity index is 0.00000289. The molecule has 32 heavy (non-hydrogen) atoms. The summed E-state index contributed by atoms with van der Waals surface area (Å²) in [6, 6.07) is 12.4. The van der Waals surface area contributed by atoms with E-state index >= 15 is 0 Å². The molecule has 0 spiro atoms. The van der Waals surface area contributed by atoms with Gasteiger partial charge in [0.05, 0.1) is 12.3 Å². The zero-order valence-corrected chi connectivity index (χ0v) is 21.1. The van der Waals surface area contributed by atoms with Crippen LogP contribution in [0.3, 0.4) is 0 Å². The van der Waals surface area contributed by atoms with Crippen LogP contribution in [0.4, 0.5) is 5.69 Å². The summed E-state index contributed by atoms with van der Waals surface area (Å²) < 4.78 is 5.70. The lowest BCUT2D eigenvalue weighted by Gasteiger charge is -2.27. The third-order valence-electron chi connectivity index (χ3n) is 6.17. The number of benzene rings is 1. The highest BCUT2D eigenvalue weighted by molar-refractivity contribution is 14.0. The van der Waals surface area contributed by atoms with Gasteiger partial charge in [-0.2, -0.15) is 0 Å². The maximum atomic E-state index is 12.1. The molecule has 2 fully saturated rings. The average molecular weight is 551 g/mol. The van der Waals surface area contributed by atoms with Crippen molar-refractivity contribution in [2.45, 2.75) is 44.7 Å². The molecule has 2 saturated heterocycles. The van der Waals surface area contributed by atoms with Crippen LogP contribution in [0.5, 0.6) is 0 Å². The molecule has 2 aromatic rings. The smallest absolute Gasteiger partial charge is 0.226 e. The normalized spacial score (nSPS) is 18.3. The summed E-state index contributed by atoms with van der Waals surface area (Å²) in [4.78, 5) is 20.9. The molecule has 8 heteroatoms. The number of carbonyl (C=O) groups is 1. The Kier molecular flexibility index (Phi) is 9.40. The van der Waals surface area contributed by atoms with Crippen LogP contribution < -0.4 is 15.5 Å². The Morgan fingerprint density at radius 1 is 1.06 bits per heavy atom. The van der Waals surface area contributed by atoms with Crippen LogP contribution in [-0.4, -0.2) is 50.0 Å². The van der Waals surface area contributed by atoms with Gasteiger partial charge in [0.1, 0.15) is 5.76 Å². The highest BCUT2D eigenvalue weighted by Gasteiger charge is 2.25. The van der Waals surface area contributed by atoms with Crippen molar-refractivity contribution >= 4 is 41.5 Å². The summed E-state index contributed by atoms with van der Waals surface area (Å²) in [5.74, 6) is 1.99. The average Bonchev–Trinajstić information content (AvgIpc) is 3.52. The highest BCUT2D eigenvalue weighted by Crippen LogP contribution is 2.25. The van der Waals surface area contributed by atoms with Gasteiger partial charge in [-0.3, -0.25) is 14.7 Å². The molecule has 2 aliphatic heterocycles. The molecule has 3 heterocycles. The minimum atomic E-state index is 0. The zero-order valence-electron chi connectivity index (χ0n) is 18.8. The molecule has 0 saturated carbocycles. The molecular weight excluding hydrogens is 517 g/mol. The van der Waals surface area contributed by atoms with Gasteiger partial charge in [-0.25, -0.2) is 0 Å². The van der Waals surface area contributed by atoms with Crippen LogP contribution in [-0.2, 0) is 11.3 Å². The number of nitrogens with zero attached hydrogens (tertiary/aromatic N) is 3. The Labute approximate surface area is 207 Å². The quantitative estimate of drug-likeness (QED) is 0.310. The van der Waals surface area contributed by atoms with Crippen LogP contribution in [0.15, 0.2) is 52.1 Å². The number of guanidine groups is 1. The molecule has 4 rings (SSSR count). The number of aliphatic imine (C=N–C) groups is 1. The number of nitrogens with one attached hydrogen (secondary N) is 2. The molecule has 1 amide bonds. The molecule has 0 radical (unpaired) electrons. The number of furan rings is 1. The molecule has 1 unspecified atom stereocenters. The first-order valence-electron chi connectivity index (χ1n) is 11.4. The van der Waals surface area contributed by atoms with Crippen molar-refractivity contribution in [1.82, 2.24) is 15.5 Å². The molecule has 0 bridgehead atoms. The van der Waals surface area contributed by atoms with Crippen molar-refractivity contribution in [2.75, 3.05) is 38.1 Å². The third kappa shape index (κ3) is 6.25. The molecule has 1 aromatic carbocycles. The maximum absolute atomic E-state index is 12.1. The number of halogens is 1. The van der Waals surface area contributed by atoms with Gasteiger partial charge < -0.3 is 20.0 Å². The summed E-state index contributed by atoms with van der Waals surface area (Å²) in [6.45, 7) is 4.43. The SMILES string of the molecule is CN=C(NCc1ccc(N2CCCCC2=O)cc1)NCC(c1ccco1)N1CCCC1.I. The Morgan fingerprint density at radius 2 is 1.81 bits per heavy atom. The second kappa shape index (κ2) is 12.2. The predicted octanol–water partition coefficient (Wildman–Crippen LogP) is 3.92. The third-order valence-corrected chi connectivity index (χ3v) is 6.17. The fraction of sp³-hybridized carbons (Fsp3) is 0.500. The van der Waals surface area contributed by atoms with Crippen molar-refractivity contribution in [2.24, 2.45) is 4.99 Å². The summed E-state index contributed by atoms with van der Waals surface area (Å²) in [5, 5.41) is 6.85. The number of hydrogen-bond acceptors (Lipinski definition) is 4. The second-order valence-corrected chi connectivity index (χ2v) is 8.25. The van der Waals surface area contributed by atoms with E-state index in [9.17, 15) is 4.79 Å². The number of piperidine rings is 1. The molecular formula is C24H34IN5O2. The monoisotopic (exact) mass is 551 g/mol. The molecule has 1 aromatic heterocycles. The minimum absolute atomic E-state index is 0. The fourth-order valence-electron chi connectivity index (χ4n) is 4.42. The number of hydrogen-bond donors (Lipinski definition) is 2. The van der Waals surface area contributed by atoms with Gasteiger partial charge in [0.25, 0.3) is 0 Å². The van der Waals surface area contributed by atoms with Crippen LogP contribution in [0, 0.1) is 0 Å². The molecule has 174 valence electrons. The van der Waals surface area contributed by atoms with Gasteiger partial charge >= 0.3 is 0 Å². The lowest BCUT2D eigenvalue weighted by molar-refractivity contribution is -0.119. The van der Waals surface area contributed by atoms with Crippen molar-refractivity contribution in [1.29, 1.82) is 0 Å². The van der Waals surface area contributed by atoms with Crippen LogP contribution in [0.2, 0.25) is 0 Å². The predicted molar refractivity (Wildman–Crippen MR) is 139 cm³/mol. The maximum Gasteiger partial charge on any atom is 0.226 e. The number of likely N-dealkylation sites (tertiary alicyclic amines) is 1. The Hall–Kier alpha value is -2.07. The van der Waals surface area contributed by atoms with E-state index < -0.39 is 0 Å². The number of carbonyl (C=O) groups excluding carboxylic acids is 1. The summed E-state index contributed by atoms with van der Waals surface area (Å²) >= 11 is 0.